The molecule has 3 N–H and O–H groups in total. The molecule has 0 aromatic rings. The van der Waals surface area contributed by atoms with E-state index in [9.17, 15) is 9.59 Å². The first-order chi connectivity index (χ1) is 6.49. The van der Waals surface area contributed by atoms with E-state index < -0.39 is 17.6 Å². The first-order valence-electron chi connectivity index (χ1n) is 4.35. The fourth-order valence-corrected chi connectivity index (χ4v) is 1.50. The molecular weight excluding hydrogens is 188 g/mol. The molecule has 0 radical (unpaired) electrons. The molecular formula is C8H14N2O4. The highest BCUT2D eigenvalue weighted by atomic mass is 16.5. The predicted octanol–water partition coefficient (Wildman–Crippen LogP) is -0.369. The fourth-order valence-electron chi connectivity index (χ4n) is 1.50. The number of nitrogens with zero attached hydrogens (tertiary/aromatic N) is 1. The van der Waals surface area contributed by atoms with Crippen molar-refractivity contribution < 1.29 is 19.4 Å². The summed E-state index contributed by atoms with van der Waals surface area (Å²) in [6.07, 6.45) is -0.352. The highest BCUT2D eigenvalue weighted by Gasteiger charge is 2.39. The normalized spacial score (nSPS) is 20.3. The minimum Gasteiger partial charge on any atom is -0.468 e. The van der Waals surface area contributed by atoms with Gasteiger partial charge in [0.25, 0.3) is 0 Å². The van der Waals surface area contributed by atoms with Crippen LogP contribution in [0.3, 0.4) is 0 Å². The lowest BCUT2D eigenvalue weighted by atomic mass is 9.89. The Morgan fingerprint density at radius 2 is 1.93 bits per heavy atom. The largest absolute Gasteiger partial charge is 0.468 e. The average Bonchev–Trinajstić information content (AvgIpc) is 2.17. The standard InChI is InChI=1S/C8H14N2O4/c1-14-6(11)8(9)2-4-10(5-3-8)7(12)13/h2-5,9H2,1H3,(H,12,13). The Morgan fingerprint density at radius 1 is 1.43 bits per heavy atom. The van der Waals surface area contributed by atoms with Gasteiger partial charge in [-0.3, -0.25) is 4.79 Å². The lowest BCUT2D eigenvalue weighted by molar-refractivity contribution is -0.148. The molecule has 0 spiro atoms. The molecule has 1 aliphatic rings. The first-order valence-corrected chi connectivity index (χ1v) is 4.35. The van der Waals surface area contributed by atoms with Crippen LogP contribution in [-0.4, -0.2) is 47.8 Å². The van der Waals surface area contributed by atoms with Gasteiger partial charge >= 0.3 is 12.1 Å². The second kappa shape index (κ2) is 3.83. The number of hydrogen-bond acceptors (Lipinski definition) is 4. The van der Waals surface area contributed by atoms with Gasteiger partial charge in [0.15, 0.2) is 0 Å². The van der Waals surface area contributed by atoms with Gasteiger partial charge in [0.2, 0.25) is 0 Å². The van der Waals surface area contributed by atoms with E-state index in [0.717, 1.165) is 0 Å². The Hall–Kier alpha value is -1.30. The molecule has 6 heteroatoms. The zero-order chi connectivity index (χ0) is 10.8. The molecule has 0 saturated carbocycles. The van der Waals surface area contributed by atoms with Gasteiger partial charge in [0, 0.05) is 13.1 Å². The number of ether oxygens (including phenoxy) is 1. The summed E-state index contributed by atoms with van der Waals surface area (Å²) in [7, 11) is 1.28. The van der Waals surface area contributed by atoms with Crippen molar-refractivity contribution in [2.24, 2.45) is 5.73 Å². The van der Waals surface area contributed by atoms with Crippen LogP contribution < -0.4 is 5.73 Å². The van der Waals surface area contributed by atoms with Crippen molar-refractivity contribution in [1.29, 1.82) is 0 Å². The molecule has 0 atom stereocenters. The van der Waals surface area contributed by atoms with Crippen LogP contribution in [0.15, 0.2) is 0 Å². The molecule has 1 rings (SSSR count). The lowest BCUT2D eigenvalue weighted by Gasteiger charge is -2.35. The van der Waals surface area contributed by atoms with Gasteiger partial charge in [0.05, 0.1) is 7.11 Å². The summed E-state index contributed by atoms with van der Waals surface area (Å²) < 4.78 is 4.56. The van der Waals surface area contributed by atoms with E-state index in [0.29, 0.717) is 12.8 Å². The fraction of sp³-hybridized carbons (Fsp3) is 0.750. The summed E-state index contributed by atoms with van der Waals surface area (Å²) in [6, 6.07) is 0. The molecule has 0 bridgehead atoms. The van der Waals surface area contributed by atoms with Gasteiger partial charge < -0.3 is 20.5 Å². The number of rotatable bonds is 1. The molecule has 1 aliphatic heterocycles. The molecule has 1 saturated heterocycles. The summed E-state index contributed by atoms with van der Waals surface area (Å²) in [6.45, 7) is 0.557. The van der Waals surface area contributed by atoms with Crippen molar-refractivity contribution >= 4 is 12.1 Å². The smallest absolute Gasteiger partial charge is 0.407 e. The van der Waals surface area contributed by atoms with E-state index in [2.05, 4.69) is 4.74 Å². The number of esters is 1. The summed E-state index contributed by atoms with van der Waals surface area (Å²) in [5.41, 5.74) is 4.77. The first kappa shape index (κ1) is 10.8. The van der Waals surface area contributed by atoms with E-state index >= 15 is 0 Å². The Morgan fingerprint density at radius 3 is 2.29 bits per heavy atom. The van der Waals surface area contributed by atoms with Gasteiger partial charge in [-0.1, -0.05) is 0 Å². The van der Waals surface area contributed by atoms with Gasteiger partial charge in [-0.15, -0.1) is 0 Å². The number of nitrogens with two attached hydrogens (primary N) is 1. The predicted molar refractivity (Wildman–Crippen MR) is 47.8 cm³/mol. The molecule has 1 heterocycles. The number of likely N-dealkylation sites (tertiary alicyclic amines) is 1. The van der Waals surface area contributed by atoms with Crippen molar-refractivity contribution in [1.82, 2.24) is 4.90 Å². The zero-order valence-electron chi connectivity index (χ0n) is 8.02. The third-order valence-corrected chi connectivity index (χ3v) is 2.52. The summed E-state index contributed by atoms with van der Waals surface area (Å²) >= 11 is 0. The Labute approximate surface area is 81.6 Å². The van der Waals surface area contributed by atoms with Gasteiger partial charge in [-0.2, -0.15) is 0 Å². The molecule has 6 nitrogen and oxygen atoms in total. The van der Waals surface area contributed by atoms with Crippen molar-refractivity contribution in [2.45, 2.75) is 18.4 Å². The number of hydrogen-bond donors (Lipinski definition) is 2. The highest BCUT2D eigenvalue weighted by Crippen LogP contribution is 2.20. The lowest BCUT2D eigenvalue weighted by Crippen LogP contribution is -2.56. The Kier molecular flexibility index (Phi) is 2.95. The van der Waals surface area contributed by atoms with Crippen molar-refractivity contribution in [3.63, 3.8) is 0 Å². The highest BCUT2D eigenvalue weighted by molar-refractivity contribution is 5.81. The van der Waals surface area contributed by atoms with E-state index in [4.69, 9.17) is 10.8 Å². The van der Waals surface area contributed by atoms with Crippen molar-refractivity contribution in [3.05, 3.63) is 0 Å². The summed E-state index contributed by atoms with van der Waals surface area (Å²) in [4.78, 5) is 23.1. The molecule has 0 aliphatic carbocycles. The zero-order valence-corrected chi connectivity index (χ0v) is 8.02. The van der Waals surface area contributed by atoms with Gasteiger partial charge in [-0.25, -0.2) is 4.79 Å². The maximum absolute atomic E-state index is 11.3. The van der Waals surface area contributed by atoms with Crippen molar-refractivity contribution in [3.8, 4) is 0 Å². The Bertz CT molecular complexity index is 246. The van der Waals surface area contributed by atoms with Crippen LogP contribution in [-0.2, 0) is 9.53 Å². The maximum Gasteiger partial charge on any atom is 0.407 e. The number of piperidine rings is 1. The van der Waals surface area contributed by atoms with E-state index in [1.54, 1.807) is 0 Å². The van der Waals surface area contributed by atoms with E-state index in [-0.39, 0.29) is 13.1 Å². The van der Waals surface area contributed by atoms with Crippen LogP contribution in [0.4, 0.5) is 4.79 Å². The molecule has 0 aromatic heterocycles. The van der Waals surface area contributed by atoms with Crippen LogP contribution in [0, 0.1) is 0 Å². The second-order valence-electron chi connectivity index (χ2n) is 3.42. The quantitative estimate of drug-likeness (QED) is 0.566. The van der Waals surface area contributed by atoms with Crippen LogP contribution in [0.5, 0.6) is 0 Å². The third-order valence-electron chi connectivity index (χ3n) is 2.52. The number of carbonyl (C=O) groups is 2. The Balaban J connectivity index is 2.57. The molecule has 1 fully saturated rings. The molecule has 80 valence electrons. The van der Waals surface area contributed by atoms with Gasteiger partial charge in [0.1, 0.15) is 5.54 Å². The van der Waals surface area contributed by atoms with Crippen LogP contribution >= 0.6 is 0 Å². The van der Waals surface area contributed by atoms with Crippen LogP contribution in [0.25, 0.3) is 0 Å². The minimum absolute atomic E-state index is 0.279. The summed E-state index contributed by atoms with van der Waals surface area (Å²) in [5, 5.41) is 8.67. The van der Waals surface area contributed by atoms with E-state index in [1.165, 1.54) is 12.0 Å². The second-order valence-corrected chi connectivity index (χ2v) is 3.42. The molecule has 0 aromatic carbocycles. The maximum atomic E-state index is 11.3. The minimum atomic E-state index is -1.01. The monoisotopic (exact) mass is 202 g/mol. The van der Waals surface area contributed by atoms with Crippen LogP contribution in [0.1, 0.15) is 12.8 Å². The average molecular weight is 202 g/mol. The molecule has 1 amide bonds. The number of amides is 1. The summed E-state index contributed by atoms with van der Waals surface area (Å²) in [5.74, 6) is -0.470. The van der Waals surface area contributed by atoms with Crippen molar-refractivity contribution in [2.75, 3.05) is 20.2 Å². The number of methoxy groups -OCH3 is 1. The topological polar surface area (TPSA) is 92.9 Å². The molecule has 0 unspecified atom stereocenters. The molecule has 14 heavy (non-hydrogen) atoms. The number of carbonyl (C=O) groups excluding carboxylic acids is 1. The SMILES string of the molecule is COC(=O)C1(N)CCN(C(=O)O)CC1. The third kappa shape index (κ3) is 1.95. The van der Waals surface area contributed by atoms with Crippen LogP contribution in [0.2, 0.25) is 0 Å². The van der Waals surface area contributed by atoms with Gasteiger partial charge in [-0.05, 0) is 12.8 Å². The number of carboxylic acid groups (broad SMARTS) is 1. The van der Waals surface area contributed by atoms with E-state index in [1.807, 2.05) is 0 Å².